The second-order valence-electron chi connectivity index (χ2n) is 9.31. The predicted octanol–water partition coefficient (Wildman–Crippen LogP) is 5.72. The molecule has 5 nitrogen and oxygen atoms in total. The average molecular weight is 574 g/mol. The van der Waals surface area contributed by atoms with Crippen molar-refractivity contribution in [1.82, 2.24) is 9.62 Å². The van der Waals surface area contributed by atoms with Gasteiger partial charge in [-0.1, -0.05) is 0 Å². The monoisotopic (exact) mass is 574 g/mol. The maximum absolute atomic E-state index is 13.1. The molecular weight excluding hydrogens is 555 g/mol. The molecule has 2 aromatic carbocycles. The van der Waals surface area contributed by atoms with Gasteiger partial charge in [-0.2, -0.15) is 43.8 Å². The Morgan fingerprint density at radius 3 is 1.71 bits per heavy atom. The van der Waals surface area contributed by atoms with Crippen LogP contribution >= 0.6 is 0 Å². The molecule has 2 fully saturated rings. The van der Waals surface area contributed by atoms with Gasteiger partial charge in [0.15, 0.2) is 0 Å². The minimum absolute atomic E-state index is 0.0303. The van der Waals surface area contributed by atoms with Crippen LogP contribution in [0.2, 0.25) is 0 Å². The summed E-state index contributed by atoms with van der Waals surface area (Å²) in [5, 5.41) is 2.45. The summed E-state index contributed by atoms with van der Waals surface area (Å²) in [7, 11) is -4.10. The van der Waals surface area contributed by atoms with Crippen molar-refractivity contribution < 1.29 is 52.7 Å². The topological polar surface area (TPSA) is 66.5 Å². The van der Waals surface area contributed by atoms with Crippen LogP contribution in [0.5, 0.6) is 0 Å². The molecule has 208 valence electrons. The number of carbonyl (C=O) groups excluding carboxylic acids is 1. The van der Waals surface area contributed by atoms with E-state index < -0.39 is 68.2 Å². The van der Waals surface area contributed by atoms with Crippen LogP contribution in [-0.2, 0) is 28.6 Å². The lowest BCUT2D eigenvalue weighted by molar-refractivity contribution is -0.143. The number of rotatable bonds is 4. The highest BCUT2D eigenvalue weighted by Gasteiger charge is 2.56. The quantitative estimate of drug-likeness (QED) is 0.476. The molecule has 1 spiro atoms. The molecule has 0 bridgehead atoms. The normalized spacial score (nSPS) is 20.4. The molecule has 15 heteroatoms. The van der Waals surface area contributed by atoms with E-state index in [2.05, 4.69) is 5.32 Å². The molecule has 0 aromatic heterocycles. The van der Waals surface area contributed by atoms with Crippen LogP contribution in [-0.4, -0.2) is 37.8 Å². The number of carbonyl (C=O) groups is 1. The van der Waals surface area contributed by atoms with E-state index in [1.54, 1.807) is 0 Å². The minimum Gasteiger partial charge on any atom is -0.349 e. The molecule has 38 heavy (non-hydrogen) atoms. The maximum atomic E-state index is 13.1. The summed E-state index contributed by atoms with van der Waals surface area (Å²) < 4.78 is 144. The molecule has 1 amide bonds. The van der Waals surface area contributed by atoms with Crippen molar-refractivity contribution in [1.29, 1.82) is 0 Å². The molecule has 1 saturated heterocycles. The van der Waals surface area contributed by atoms with Gasteiger partial charge in [-0.25, -0.2) is 8.42 Å². The van der Waals surface area contributed by atoms with E-state index in [9.17, 15) is 52.7 Å². The molecule has 1 heterocycles. The van der Waals surface area contributed by atoms with E-state index in [1.807, 2.05) is 0 Å². The third kappa shape index (κ3) is 5.63. The molecule has 4 rings (SSSR count). The number of sulfonamides is 1. The summed E-state index contributed by atoms with van der Waals surface area (Å²) in [4.78, 5) is 12.2. The van der Waals surface area contributed by atoms with Crippen LogP contribution < -0.4 is 5.32 Å². The summed E-state index contributed by atoms with van der Waals surface area (Å²) >= 11 is 0. The zero-order chi connectivity index (χ0) is 28.3. The Kier molecular flexibility index (Phi) is 6.78. The summed E-state index contributed by atoms with van der Waals surface area (Å²) in [5.41, 5.74) is -5.64. The maximum Gasteiger partial charge on any atom is 0.416 e. The number of piperidine rings is 1. The Labute approximate surface area is 210 Å². The van der Waals surface area contributed by atoms with Crippen LogP contribution in [0, 0.1) is 5.41 Å². The number of alkyl halides is 9. The lowest BCUT2D eigenvalue weighted by Gasteiger charge is -2.32. The van der Waals surface area contributed by atoms with E-state index >= 15 is 0 Å². The van der Waals surface area contributed by atoms with Crippen molar-refractivity contribution in [3.8, 4) is 0 Å². The van der Waals surface area contributed by atoms with Crippen LogP contribution in [0.1, 0.15) is 46.3 Å². The van der Waals surface area contributed by atoms with E-state index in [4.69, 9.17) is 0 Å². The molecule has 2 aromatic rings. The fourth-order valence-electron chi connectivity index (χ4n) is 4.57. The van der Waals surface area contributed by atoms with Gasteiger partial charge in [0.1, 0.15) is 0 Å². The molecule has 1 aliphatic carbocycles. The lowest BCUT2D eigenvalue weighted by Crippen LogP contribution is -2.41. The Morgan fingerprint density at radius 1 is 0.789 bits per heavy atom. The number of benzene rings is 2. The molecule has 0 radical (unpaired) electrons. The standard InChI is InChI=1S/C23H19F9N2O3S/c24-21(25,26)14-1-3-17(4-2-14)38(36,37)34-7-5-20(6-8-34)12-18(20)33-19(35)13-9-15(22(27,28)29)11-16(10-13)23(30,31)32/h1-4,9-11,18H,5-8,12H2,(H,33,35). The van der Waals surface area contributed by atoms with Crippen LogP contribution in [0.4, 0.5) is 39.5 Å². The number of hydrogen-bond donors (Lipinski definition) is 1. The van der Waals surface area contributed by atoms with Gasteiger partial charge in [0.25, 0.3) is 5.91 Å². The number of halogens is 9. The number of nitrogens with one attached hydrogen (secondary N) is 1. The van der Waals surface area contributed by atoms with Crippen molar-refractivity contribution in [2.24, 2.45) is 5.41 Å². The third-order valence-corrected chi connectivity index (χ3v) is 8.80. The lowest BCUT2D eigenvalue weighted by atomic mass is 9.94. The van der Waals surface area contributed by atoms with Gasteiger partial charge in [-0.15, -0.1) is 0 Å². The van der Waals surface area contributed by atoms with Crippen molar-refractivity contribution in [2.75, 3.05) is 13.1 Å². The fourth-order valence-corrected chi connectivity index (χ4v) is 6.01. The van der Waals surface area contributed by atoms with E-state index in [1.165, 1.54) is 0 Å². The Hall–Kier alpha value is -2.81. The Morgan fingerprint density at radius 2 is 1.26 bits per heavy atom. The summed E-state index contributed by atoms with van der Waals surface area (Å²) in [6, 6.07) is 3.01. The first-order valence-corrected chi connectivity index (χ1v) is 12.5. The molecule has 1 N–H and O–H groups in total. The molecule has 1 saturated carbocycles. The van der Waals surface area contributed by atoms with Crippen LogP contribution in [0.15, 0.2) is 47.4 Å². The zero-order valence-corrected chi connectivity index (χ0v) is 20.0. The van der Waals surface area contributed by atoms with Gasteiger partial charge in [-0.05, 0) is 67.1 Å². The van der Waals surface area contributed by atoms with Gasteiger partial charge in [-0.3, -0.25) is 4.79 Å². The van der Waals surface area contributed by atoms with E-state index in [-0.39, 0.29) is 36.9 Å². The van der Waals surface area contributed by atoms with E-state index in [0.717, 1.165) is 16.4 Å². The fraction of sp³-hybridized carbons (Fsp3) is 0.435. The number of amides is 1. The molecule has 1 aliphatic heterocycles. The van der Waals surface area contributed by atoms with Gasteiger partial charge >= 0.3 is 18.5 Å². The van der Waals surface area contributed by atoms with Gasteiger partial charge < -0.3 is 5.32 Å². The molecule has 1 unspecified atom stereocenters. The van der Waals surface area contributed by atoms with Crippen molar-refractivity contribution >= 4 is 15.9 Å². The van der Waals surface area contributed by atoms with Crippen molar-refractivity contribution in [3.63, 3.8) is 0 Å². The van der Waals surface area contributed by atoms with E-state index in [0.29, 0.717) is 30.7 Å². The van der Waals surface area contributed by atoms with Crippen molar-refractivity contribution in [2.45, 2.75) is 48.7 Å². The first-order chi connectivity index (χ1) is 17.3. The van der Waals surface area contributed by atoms with Gasteiger partial charge in [0.2, 0.25) is 10.0 Å². The zero-order valence-electron chi connectivity index (χ0n) is 19.1. The second-order valence-corrected chi connectivity index (χ2v) is 11.3. The minimum atomic E-state index is -5.11. The first kappa shape index (κ1) is 28.2. The highest BCUT2D eigenvalue weighted by atomic mass is 32.2. The smallest absolute Gasteiger partial charge is 0.349 e. The van der Waals surface area contributed by atoms with Crippen molar-refractivity contribution in [3.05, 3.63) is 64.7 Å². The van der Waals surface area contributed by atoms with Gasteiger partial charge in [0, 0.05) is 24.7 Å². The SMILES string of the molecule is O=C(NC1CC12CCN(S(=O)(=O)c1ccc(C(F)(F)F)cc1)CC2)c1cc(C(F)(F)F)cc(C(F)(F)F)c1. The predicted molar refractivity (Wildman–Crippen MR) is 114 cm³/mol. The highest BCUT2D eigenvalue weighted by molar-refractivity contribution is 7.89. The second kappa shape index (κ2) is 9.14. The van der Waals surface area contributed by atoms with Gasteiger partial charge in [0.05, 0.1) is 21.6 Å². The largest absolute Gasteiger partial charge is 0.416 e. The van der Waals surface area contributed by atoms with Crippen LogP contribution in [0.3, 0.4) is 0 Å². The summed E-state index contributed by atoms with van der Waals surface area (Å²) in [6.45, 7) is -0.0605. The molecule has 2 aliphatic rings. The number of hydrogen-bond acceptors (Lipinski definition) is 3. The summed E-state index contributed by atoms with van der Waals surface area (Å²) in [6.07, 6.45) is -14.0. The number of nitrogens with zero attached hydrogens (tertiary/aromatic N) is 1. The van der Waals surface area contributed by atoms with Crippen LogP contribution in [0.25, 0.3) is 0 Å². The Balaban J connectivity index is 1.42. The first-order valence-electron chi connectivity index (χ1n) is 11.1. The molecular formula is C23H19F9N2O3S. The average Bonchev–Trinajstić information content (AvgIpc) is 3.47. The Bertz CT molecular complexity index is 1290. The highest BCUT2D eigenvalue weighted by Crippen LogP contribution is 2.54. The summed E-state index contributed by atoms with van der Waals surface area (Å²) in [5.74, 6) is -1.12. The molecule has 1 atom stereocenters. The third-order valence-electron chi connectivity index (χ3n) is 6.88.